The maximum absolute atomic E-state index is 12.2. The Hall–Kier alpha value is -4.09. The molecule has 0 aliphatic rings. The zero-order valence-electron chi connectivity index (χ0n) is 23.4. The number of phosphoric acid groups is 1. The number of carboxylic acid groups (broad SMARTS) is 1. The van der Waals surface area contributed by atoms with E-state index in [2.05, 4.69) is 15.3 Å². The largest absolute Gasteiger partial charge is 0.492 e. The molecule has 41 heavy (non-hydrogen) atoms. The first-order chi connectivity index (χ1) is 19.0. The summed E-state index contributed by atoms with van der Waals surface area (Å²) in [5.74, 6) is -0.328. The van der Waals surface area contributed by atoms with E-state index in [9.17, 15) is 9.59 Å². The molecule has 0 saturated heterocycles. The molecule has 0 fully saturated rings. The number of carbonyl (C=O) groups excluding carboxylic acids is 1. The Morgan fingerprint density at radius 3 is 2.27 bits per heavy atom. The highest BCUT2D eigenvalue weighted by Crippen LogP contribution is 2.31. The third-order valence-corrected chi connectivity index (χ3v) is 5.41. The highest BCUT2D eigenvalue weighted by Gasteiger charge is 2.29. The molecule has 220 valence electrons. The van der Waals surface area contributed by atoms with Gasteiger partial charge in [-0.2, -0.15) is 0 Å². The number of hydrogen-bond acceptors (Lipinski definition) is 7. The fourth-order valence-corrected chi connectivity index (χ4v) is 3.51. The Morgan fingerprint density at radius 1 is 1.05 bits per heavy atom. The lowest BCUT2D eigenvalue weighted by molar-refractivity contribution is -0.131. The summed E-state index contributed by atoms with van der Waals surface area (Å²) in [6, 6.07) is 16.6. The Kier molecular flexibility index (Phi) is 11.3. The van der Waals surface area contributed by atoms with Crippen molar-refractivity contribution in [3.8, 4) is 5.75 Å². The molecule has 2 aromatic heterocycles. The monoisotopic (exact) mass is 586 g/mol. The molecule has 2 heterocycles. The van der Waals surface area contributed by atoms with Crippen LogP contribution in [0.5, 0.6) is 5.75 Å². The summed E-state index contributed by atoms with van der Waals surface area (Å²) in [6.07, 6.45) is 1.37. The SMILES string of the molecule is Cc1cc(N)c2c(OCC(C)(C)C(=O)NC(C)C)cccc2n1.O=C(O)c1cnc2ccccc2c1.O=P(O)(O)O. The normalized spacial score (nSPS) is 11.2. The van der Waals surface area contributed by atoms with Crippen molar-refractivity contribution < 1.29 is 38.7 Å². The number of carbonyl (C=O) groups is 2. The van der Waals surface area contributed by atoms with Crippen LogP contribution in [0.2, 0.25) is 0 Å². The van der Waals surface area contributed by atoms with Gasteiger partial charge in [-0.3, -0.25) is 14.8 Å². The first-order valence-electron chi connectivity index (χ1n) is 12.4. The number of benzene rings is 2. The number of carboxylic acids is 1. The van der Waals surface area contributed by atoms with Gasteiger partial charge in [0.25, 0.3) is 0 Å². The van der Waals surface area contributed by atoms with E-state index in [0.717, 1.165) is 27.5 Å². The summed E-state index contributed by atoms with van der Waals surface area (Å²) in [6.45, 7) is 9.77. The van der Waals surface area contributed by atoms with E-state index in [0.29, 0.717) is 11.4 Å². The topological polar surface area (TPSA) is 205 Å². The molecule has 0 unspecified atom stereocenters. The second-order valence-electron chi connectivity index (χ2n) is 10.0. The zero-order chi connectivity index (χ0) is 31.0. The van der Waals surface area contributed by atoms with Gasteiger partial charge in [0.1, 0.15) is 12.4 Å². The molecule has 0 spiro atoms. The number of para-hydroxylation sites is 1. The Labute approximate surface area is 237 Å². The van der Waals surface area contributed by atoms with Crippen molar-refractivity contribution in [1.82, 2.24) is 15.3 Å². The number of nitrogens with two attached hydrogens (primary N) is 1. The molecule has 4 aromatic rings. The van der Waals surface area contributed by atoms with Crippen molar-refractivity contribution >= 4 is 47.2 Å². The molecule has 0 saturated carbocycles. The van der Waals surface area contributed by atoms with Gasteiger partial charge in [-0.05, 0) is 65.0 Å². The van der Waals surface area contributed by atoms with Crippen LogP contribution in [0, 0.1) is 12.3 Å². The van der Waals surface area contributed by atoms with Gasteiger partial charge < -0.3 is 35.6 Å². The smallest absolute Gasteiger partial charge is 0.466 e. The number of nitrogens with zero attached hydrogens (tertiary/aromatic N) is 2. The molecule has 0 atom stereocenters. The van der Waals surface area contributed by atoms with Crippen molar-refractivity contribution in [3.63, 3.8) is 0 Å². The van der Waals surface area contributed by atoms with Crippen LogP contribution < -0.4 is 15.8 Å². The Morgan fingerprint density at radius 2 is 1.66 bits per heavy atom. The number of hydrogen-bond donors (Lipinski definition) is 6. The average molecular weight is 587 g/mol. The van der Waals surface area contributed by atoms with E-state index in [4.69, 9.17) is 34.8 Å². The van der Waals surface area contributed by atoms with Gasteiger partial charge in [-0.1, -0.05) is 24.3 Å². The second kappa shape index (κ2) is 14.0. The Balaban J connectivity index is 0.000000272. The molecule has 13 heteroatoms. The van der Waals surface area contributed by atoms with E-state index in [1.165, 1.54) is 6.20 Å². The molecule has 0 aliphatic heterocycles. The lowest BCUT2D eigenvalue weighted by Gasteiger charge is -2.25. The van der Waals surface area contributed by atoms with Gasteiger partial charge >= 0.3 is 13.8 Å². The molecule has 0 aliphatic carbocycles. The number of rotatable bonds is 6. The summed E-state index contributed by atoms with van der Waals surface area (Å²) in [7, 11) is -4.64. The molecule has 1 amide bonds. The van der Waals surface area contributed by atoms with Crippen LogP contribution in [0.25, 0.3) is 21.8 Å². The van der Waals surface area contributed by atoms with Gasteiger partial charge in [0.2, 0.25) is 5.91 Å². The molecular formula is C28H35N4O8P. The van der Waals surface area contributed by atoms with E-state index < -0.39 is 19.2 Å². The van der Waals surface area contributed by atoms with Crippen molar-refractivity contribution in [1.29, 1.82) is 0 Å². The van der Waals surface area contributed by atoms with Crippen LogP contribution >= 0.6 is 7.82 Å². The number of fused-ring (bicyclic) bond motifs is 2. The summed E-state index contributed by atoms with van der Waals surface area (Å²) in [5.41, 5.74) is 8.81. The fourth-order valence-electron chi connectivity index (χ4n) is 3.51. The summed E-state index contributed by atoms with van der Waals surface area (Å²) < 4.78 is 14.8. The lowest BCUT2D eigenvalue weighted by Crippen LogP contribution is -2.43. The summed E-state index contributed by atoms with van der Waals surface area (Å²) in [4.78, 5) is 52.9. The van der Waals surface area contributed by atoms with Crippen LogP contribution in [0.4, 0.5) is 5.69 Å². The highest BCUT2D eigenvalue weighted by molar-refractivity contribution is 7.45. The highest BCUT2D eigenvalue weighted by atomic mass is 31.2. The first-order valence-corrected chi connectivity index (χ1v) is 14.0. The third-order valence-electron chi connectivity index (χ3n) is 5.41. The summed E-state index contributed by atoms with van der Waals surface area (Å²) >= 11 is 0. The minimum Gasteiger partial charge on any atom is -0.492 e. The summed E-state index contributed by atoms with van der Waals surface area (Å²) in [5, 5.41) is 13.3. The predicted molar refractivity (Wildman–Crippen MR) is 156 cm³/mol. The van der Waals surface area contributed by atoms with Gasteiger partial charge in [0.05, 0.1) is 27.4 Å². The molecule has 0 bridgehead atoms. The molecule has 12 nitrogen and oxygen atoms in total. The van der Waals surface area contributed by atoms with Gasteiger partial charge in [0, 0.05) is 29.0 Å². The van der Waals surface area contributed by atoms with Crippen LogP contribution in [0.3, 0.4) is 0 Å². The van der Waals surface area contributed by atoms with Gasteiger partial charge in [0.15, 0.2) is 0 Å². The number of pyridine rings is 2. The third kappa shape index (κ3) is 10.8. The zero-order valence-corrected chi connectivity index (χ0v) is 24.3. The first kappa shape index (κ1) is 33.1. The predicted octanol–water partition coefficient (Wildman–Crippen LogP) is 4.06. The van der Waals surface area contributed by atoms with Gasteiger partial charge in [-0.15, -0.1) is 0 Å². The van der Waals surface area contributed by atoms with E-state index >= 15 is 0 Å². The number of anilines is 1. The van der Waals surface area contributed by atoms with Crippen LogP contribution in [-0.2, 0) is 9.36 Å². The van der Waals surface area contributed by atoms with Crippen molar-refractivity contribution in [2.45, 2.75) is 40.7 Å². The maximum atomic E-state index is 12.2. The molecule has 4 rings (SSSR count). The number of ether oxygens (including phenoxy) is 1. The number of aryl methyl sites for hydroxylation is 1. The Bertz CT molecular complexity index is 1560. The van der Waals surface area contributed by atoms with Crippen LogP contribution in [0.15, 0.2) is 60.8 Å². The van der Waals surface area contributed by atoms with Crippen molar-refractivity contribution in [2.24, 2.45) is 5.41 Å². The van der Waals surface area contributed by atoms with Crippen LogP contribution in [0.1, 0.15) is 43.7 Å². The number of amides is 1. The number of aromatic nitrogens is 2. The van der Waals surface area contributed by atoms with E-state index in [-0.39, 0.29) is 24.1 Å². The average Bonchev–Trinajstić information content (AvgIpc) is 2.86. The van der Waals surface area contributed by atoms with E-state index in [1.807, 2.05) is 83.1 Å². The van der Waals surface area contributed by atoms with Gasteiger partial charge in [-0.25, -0.2) is 9.36 Å². The number of nitrogen functional groups attached to an aromatic ring is 1. The maximum Gasteiger partial charge on any atom is 0.466 e. The minimum atomic E-state index is -4.64. The van der Waals surface area contributed by atoms with Crippen molar-refractivity contribution in [2.75, 3.05) is 12.3 Å². The molecule has 0 radical (unpaired) electrons. The standard InChI is InChI=1S/C18H25N3O2.C10H7NO2.H3O4P/c1-11(2)20-17(22)18(4,5)10-23-15-8-6-7-14-16(15)13(19)9-12(3)21-14;12-10(13)8-5-7-3-1-2-4-9(7)11-6-8;1-5(2,3)4/h6-9,11H,10H2,1-5H3,(H2,19,21)(H,20,22);1-6H,(H,12,13);(H3,1,2,3,4). The number of nitrogens with one attached hydrogen (secondary N) is 1. The van der Waals surface area contributed by atoms with Crippen LogP contribution in [-0.4, -0.2) is 54.3 Å². The lowest BCUT2D eigenvalue weighted by atomic mass is 9.93. The molecule has 2 aromatic carbocycles. The quantitative estimate of drug-likeness (QED) is 0.178. The number of aromatic carboxylic acids is 1. The fraction of sp³-hybridized carbons (Fsp3) is 0.286. The van der Waals surface area contributed by atoms with E-state index in [1.54, 1.807) is 6.07 Å². The molecular weight excluding hydrogens is 551 g/mol. The molecule has 7 N–H and O–H groups in total. The van der Waals surface area contributed by atoms with Crippen molar-refractivity contribution in [3.05, 3.63) is 72.1 Å². The minimum absolute atomic E-state index is 0.0327. The second-order valence-corrected chi connectivity index (χ2v) is 11.1.